The molecular formula is C14H14N2O4. The van der Waals surface area contributed by atoms with E-state index in [0.29, 0.717) is 6.54 Å². The maximum Gasteiger partial charge on any atom is 0.351 e. The number of rotatable bonds is 4. The molecule has 0 amide bonds. The quantitative estimate of drug-likeness (QED) is 0.678. The van der Waals surface area contributed by atoms with Gasteiger partial charge >= 0.3 is 5.63 Å². The Morgan fingerprint density at radius 1 is 1.55 bits per heavy atom. The molecule has 2 aromatic heterocycles. The Balaban J connectivity index is 2.32. The average Bonchev–Trinajstić information content (AvgIpc) is 2.82. The normalized spacial score (nSPS) is 11.1. The molecular weight excluding hydrogens is 260 g/mol. The highest BCUT2D eigenvalue weighted by molar-refractivity contribution is 6.08. The highest BCUT2D eigenvalue weighted by Crippen LogP contribution is 2.15. The molecule has 0 bridgehead atoms. The zero-order valence-electron chi connectivity index (χ0n) is 11.2. The molecule has 0 aliphatic rings. The Morgan fingerprint density at radius 3 is 2.95 bits per heavy atom. The van der Waals surface area contributed by atoms with E-state index < -0.39 is 11.4 Å². The van der Waals surface area contributed by atoms with Crippen LogP contribution in [0, 0.1) is 6.92 Å². The zero-order valence-corrected chi connectivity index (χ0v) is 11.2. The van der Waals surface area contributed by atoms with Crippen molar-refractivity contribution in [2.45, 2.75) is 20.4 Å². The van der Waals surface area contributed by atoms with Gasteiger partial charge in [0.1, 0.15) is 17.1 Å². The molecule has 0 spiro atoms. The van der Waals surface area contributed by atoms with Crippen LogP contribution in [-0.4, -0.2) is 20.7 Å². The summed E-state index contributed by atoms with van der Waals surface area (Å²) in [7, 11) is 0. The van der Waals surface area contributed by atoms with Gasteiger partial charge in [-0.2, -0.15) is 5.10 Å². The number of carbonyl (C=O) groups is 1. The second-order valence-corrected chi connectivity index (χ2v) is 4.17. The van der Waals surface area contributed by atoms with Crippen LogP contribution in [0.5, 0.6) is 5.75 Å². The van der Waals surface area contributed by atoms with Gasteiger partial charge in [0.25, 0.3) is 0 Å². The van der Waals surface area contributed by atoms with Crippen LogP contribution in [0.2, 0.25) is 0 Å². The maximum atomic E-state index is 12.0. The highest BCUT2D eigenvalue weighted by Gasteiger charge is 2.15. The predicted molar refractivity (Wildman–Crippen MR) is 72.6 cm³/mol. The van der Waals surface area contributed by atoms with Crippen LogP contribution in [0.1, 0.15) is 28.7 Å². The third-order valence-corrected chi connectivity index (χ3v) is 2.75. The van der Waals surface area contributed by atoms with Gasteiger partial charge in [-0.1, -0.05) is 0 Å². The first-order valence-electron chi connectivity index (χ1n) is 6.11. The molecule has 104 valence electrons. The lowest BCUT2D eigenvalue weighted by Gasteiger charge is -2.00. The average molecular weight is 274 g/mol. The number of carbonyl (C=O) groups excluding carboxylic acids is 1. The molecule has 0 aliphatic heterocycles. The van der Waals surface area contributed by atoms with Crippen molar-refractivity contribution in [3.8, 4) is 5.75 Å². The van der Waals surface area contributed by atoms with Crippen LogP contribution in [0.4, 0.5) is 0 Å². The smallest absolute Gasteiger partial charge is 0.351 e. The largest absolute Gasteiger partial charge is 0.507 e. The van der Waals surface area contributed by atoms with Crippen molar-refractivity contribution >= 4 is 11.9 Å². The molecule has 0 fully saturated rings. The molecule has 0 radical (unpaired) electrons. The molecule has 1 N–H and O–H groups in total. The fourth-order valence-corrected chi connectivity index (χ4v) is 1.82. The van der Waals surface area contributed by atoms with E-state index in [1.165, 1.54) is 25.1 Å². The first kappa shape index (κ1) is 13.8. The van der Waals surface area contributed by atoms with E-state index in [9.17, 15) is 14.7 Å². The molecule has 0 saturated heterocycles. The minimum atomic E-state index is -0.846. The third kappa shape index (κ3) is 2.69. The highest BCUT2D eigenvalue weighted by atomic mass is 16.4. The van der Waals surface area contributed by atoms with E-state index >= 15 is 0 Å². The van der Waals surface area contributed by atoms with E-state index in [0.717, 1.165) is 5.69 Å². The van der Waals surface area contributed by atoms with E-state index in [4.69, 9.17) is 4.42 Å². The van der Waals surface area contributed by atoms with E-state index in [1.54, 1.807) is 16.9 Å². The molecule has 0 aliphatic carbocycles. The number of nitrogens with zero attached hydrogens (tertiary/aromatic N) is 2. The number of ketones is 1. The van der Waals surface area contributed by atoms with E-state index in [-0.39, 0.29) is 17.1 Å². The number of hydrogen-bond donors (Lipinski definition) is 1. The topological polar surface area (TPSA) is 85.3 Å². The first-order valence-corrected chi connectivity index (χ1v) is 6.11. The summed E-state index contributed by atoms with van der Waals surface area (Å²) in [6.07, 6.45) is 4.37. The van der Waals surface area contributed by atoms with Gasteiger partial charge in [0.15, 0.2) is 5.78 Å². The molecule has 2 aromatic rings. The summed E-state index contributed by atoms with van der Waals surface area (Å²) in [6.45, 7) is 4.11. The van der Waals surface area contributed by atoms with Gasteiger partial charge in [0, 0.05) is 18.8 Å². The summed E-state index contributed by atoms with van der Waals surface area (Å²) in [5, 5.41) is 13.7. The molecule has 6 heteroatoms. The van der Waals surface area contributed by atoms with Crippen molar-refractivity contribution in [3.63, 3.8) is 0 Å². The Labute approximate surface area is 115 Å². The van der Waals surface area contributed by atoms with Gasteiger partial charge in [-0.05, 0) is 32.1 Å². The van der Waals surface area contributed by atoms with Crippen molar-refractivity contribution in [3.05, 3.63) is 51.8 Å². The van der Waals surface area contributed by atoms with Crippen LogP contribution in [-0.2, 0) is 6.54 Å². The summed E-state index contributed by atoms with van der Waals surface area (Å²) in [5.74, 6) is -0.741. The van der Waals surface area contributed by atoms with Crippen molar-refractivity contribution in [2.24, 2.45) is 0 Å². The first-order chi connectivity index (χ1) is 9.52. The number of aromatic nitrogens is 2. The van der Waals surface area contributed by atoms with Crippen LogP contribution < -0.4 is 5.63 Å². The van der Waals surface area contributed by atoms with Crippen molar-refractivity contribution in [1.29, 1.82) is 0 Å². The number of aryl methyl sites for hydroxylation is 2. The summed E-state index contributed by atoms with van der Waals surface area (Å²) >= 11 is 0. The summed E-state index contributed by atoms with van der Waals surface area (Å²) in [4.78, 5) is 23.5. The SMILES string of the molecule is CCn1nccc1/C=C/C(=O)c1c(O)cc(C)oc1=O. The van der Waals surface area contributed by atoms with E-state index in [2.05, 4.69) is 5.10 Å². The van der Waals surface area contributed by atoms with Gasteiger partial charge in [0.05, 0.1) is 5.69 Å². The van der Waals surface area contributed by atoms with Crippen molar-refractivity contribution in [1.82, 2.24) is 9.78 Å². The Hall–Kier alpha value is -2.63. The van der Waals surface area contributed by atoms with Gasteiger partial charge in [0.2, 0.25) is 0 Å². The van der Waals surface area contributed by atoms with Gasteiger partial charge in [-0.25, -0.2) is 4.79 Å². The van der Waals surface area contributed by atoms with Gasteiger partial charge in [-0.3, -0.25) is 9.48 Å². The van der Waals surface area contributed by atoms with Gasteiger partial charge < -0.3 is 9.52 Å². The fraction of sp³-hybridized carbons (Fsp3) is 0.214. The summed E-state index contributed by atoms with van der Waals surface area (Å²) < 4.78 is 6.50. The lowest BCUT2D eigenvalue weighted by atomic mass is 10.1. The molecule has 6 nitrogen and oxygen atoms in total. The summed E-state index contributed by atoms with van der Waals surface area (Å²) in [6, 6.07) is 2.98. The standard InChI is InChI=1S/C14H14N2O4/c1-3-16-10(6-7-15-16)4-5-11(17)13-12(18)8-9(2)20-14(13)19/h4-8,18H,3H2,1-2H3/b5-4+. The number of hydrogen-bond acceptors (Lipinski definition) is 5. The van der Waals surface area contributed by atoms with E-state index in [1.807, 2.05) is 6.92 Å². The molecule has 2 heterocycles. The van der Waals surface area contributed by atoms with Gasteiger partial charge in [-0.15, -0.1) is 0 Å². The fourth-order valence-electron chi connectivity index (χ4n) is 1.82. The minimum absolute atomic E-state index is 0.247. The zero-order chi connectivity index (χ0) is 14.7. The lowest BCUT2D eigenvalue weighted by molar-refractivity contribution is 0.104. The second kappa shape index (κ2) is 5.56. The minimum Gasteiger partial charge on any atom is -0.507 e. The number of aromatic hydroxyl groups is 1. The van der Waals surface area contributed by atoms with Crippen molar-refractivity contribution < 1.29 is 14.3 Å². The molecule has 2 rings (SSSR count). The van der Waals surface area contributed by atoms with Crippen LogP contribution >= 0.6 is 0 Å². The maximum absolute atomic E-state index is 12.0. The van der Waals surface area contributed by atoms with Crippen LogP contribution in [0.25, 0.3) is 6.08 Å². The molecule has 0 saturated carbocycles. The third-order valence-electron chi connectivity index (χ3n) is 2.75. The Bertz CT molecular complexity index is 725. The predicted octanol–water partition coefficient (Wildman–Crippen LogP) is 1.77. The lowest BCUT2D eigenvalue weighted by Crippen LogP contribution is -2.13. The molecule has 0 aromatic carbocycles. The van der Waals surface area contributed by atoms with Crippen LogP contribution in [0.3, 0.4) is 0 Å². The Morgan fingerprint density at radius 2 is 2.30 bits per heavy atom. The Kier molecular flexibility index (Phi) is 3.84. The number of allylic oxidation sites excluding steroid dienone is 1. The van der Waals surface area contributed by atoms with Crippen LogP contribution in [0.15, 0.2) is 33.6 Å². The monoisotopic (exact) mass is 274 g/mol. The molecule has 20 heavy (non-hydrogen) atoms. The van der Waals surface area contributed by atoms with Crippen molar-refractivity contribution in [2.75, 3.05) is 0 Å². The molecule has 0 atom stereocenters. The molecule has 0 unspecified atom stereocenters. The second-order valence-electron chi connectivity index (χ2n) is 4.17. The summed E-state index contributed by atoms with van der Waals surface area (Å²) in [5.41, 5.74) is -0.479.